The molecule has 2 aliphatic rings. The van der Waals surface area contributed by atoms with Crippen molar-refractivity contribution in [3.63, 3.8) is 0 Å². The molecule has 1 aliphatic heterocycles. The summed E-state index contributed by atoms with van der Waals surface area (Å²) >= 11 is 0. The van der Waals surface area contributed by atoms with Crippen molar-refractivity contribution in [2.75, 3.05) is 6.61 Å². The number of aliphatic hydroxyl groups is 1. The number of carbonyl (C=O) groups is 1. The summed E-state index contributed by atoms with van der Waals surface area (Å²) in [6.07, 6.45) is 11.8. The van der Waals surface area contributed by atoms with Crippen LogP contribution in [0.3, 0.4) is 0 Å². The SMILES string of the molecule is C=C1C(=O)O[C@H]2/C=C(\C)CC/C=C(\CO)CC/C=C(\C)CC[C@@H]12. The lowest BCUT2D eigenvalue weighted by molar-refractivity contribution is -0.137. The highest BCUT2D eigenvalue weighted by molar-refractivity contribution is 5.91. The Morgan fingerprint density at radius 3 is 2.65 bits per heavy atom. The summed E-state index contributed by atoms with van der Waals surface area (Å²) in [4.78, 5) is 11.8. The van der Waals surface area contributed by atoms with Gasteiger partial charge in [-0.1, -0.05) is 29.9 Å². The fraction of sp³-hybridized carbons (Fsp3) is 0.550. The summed E-state index contributed by atoms with van der Waals surface area (Å²) in [5.74, 6) is -0.162. The van der Waals surface area contributed by atoms with Crippen molar-refractivity contribution in [1.29, 1.82) is 0 Å². The van der Waals surface area contributed by atoms with Crippen LogP contribution in [0.1, 0.15) is 52.4 Å². The molecule has 0 aromatic rings. The van der Waals surface area contributed by atoms with Gasteiger partial charge in [-0.15, -0.1) is 0 Å². The van der Waals surface area contributed by atoms with E-state index in [1.54, 1.807) is 0 Å². The normalized spacial score (nSPS) is 34.1. The molecule has 0 aromatic carbocycles. The average molecular weight is 316 g/mol. The highest BCUT2D eigenvalue weighted by Crippen LogP contribution is 2.33. The Morgan fingerprint density at radius 2 is 1.91 bits per heavy atom. The van der Waals surface area contributed by atoms with Gasteiger partial charge < -0.3 is 9.84 Å². The number of esters is 1. The fourth-order valence-corrected chi connectivity index (χ4v) is 3.22. The molecule has 0 amide bonds. The van der Waals surface area contributed by atoms with E-state index < -0.39 is 0 Å². The molecule has 23 heavy (non-hydrogen) atoms. The summed E-state index contributed by atoms with van der Waals surface area (Å²) < 4.78 is 5.50. The molecular formula is C20H28O3. The zero-order valence-electron chi connectivity index (χ0n) is 14.3. The van der Waals surface area contributed by atoms with Gasteiger partial charge in [0.1, 0.15) is 6.10 Å². The van der Waals surface area contributed by atoms with E-state index in [9.17, 15) is 9.90 Å². The molecule has 0 saturated carbocycles. The average Bonchev–Trinajstić information content (AvgIpc) is 2.77. The van der Waals surface area contributed by atoms with Crippen LogP contribution >= 0.6 is 0 Å². The maximum atomic E-state index is 11.8. The van der Waals surface area contributed by atoms with Crippen LogP contribution in [0.2, 0.25) is 0 Å². The van der Waals surface area contributed by atoms with E-state index in [-0.39, 0.29) is 24.6 Å². The van der Waals surface area contributed by atoms with Crippen LogP contribution < -0.4 is 0 Å². The van der Waals surface area contributed by atoms with Crippen molar-refractivity contribution in [2.24, 2.45) is 5.92 Å². The zero-order valence-corrected chi connectivity index (χ0v) is 14.3. The van der Waals surface area contributed by atoms with E-state index in [2.05, 4.69) is 38.7 Å². The molecule has 1 heterocycles. The third-order valence-corrected chi connectivity index (χ3v) is 4.78. The lowest BCUT2D eigenvalue weighted by atomic mass is 9.89. The van der Waals surface area contributed by atoms with Gasteiger partial charge in [0.05, 0.1) is 6.61 Å². The number of hydrogen-bond acceptors (Lipinski definition) is 3. The molecule has 1 fully saturated rings. The highest BCUT2D eigenvalue weighted by atomic mass is 16.5. The second-order valence-corrected chi connectivity index (χ2v) is 6.70. The first-order valence-electron chi connectivity index (χ1n) is 8.52. The molecule has 0 aromatic heterocycles. The maximum absolute atomic E-state index is 11.8. The maximum Gasteiger partial charge on any atom is 0.334 e. The summed E-state index contributed by atoms with van der Waals surface area (Å²) in [5, 5.41) is 9.44. The number of fused-ring (bicyclic) bond motifs is 1. The van der Waals surface area contributed by atoms with Crippen molar-refractivity contribution < 1.29 is 14.6 Å². The molecule has 3 heteroatoms. The van der Waals surface area contributed by atoms with E-state index in [1.165, 1.54) is 11.1 Å². The Kier molecular flexibility index (Phi) is 6.40. The van der Waals surface area contributed by atoms with Gasteiger partial charge in [-0.05, 0) is 64.0 Å². The molecule has 1 N–H and O–H groups in total. The van der Waals surface area contributed by atoms with Crippen molar-refractivity contribution in [1.82, 2.24) is 0 Å². The molecule has 0 radical (unpaired) electrons. The minimum atomic E-state index is -0.252. The minimum absolute atomic E-state index is 0.0901. The molecular weight excluding hydrogens is 288 g/mol. The largest absolute Gasteiger partial charge is 0.454 e. The first-order chi connectivity index (χ1) is 11.0. The Labute approximate surface area is 139 Å². The zero-order chi connectivity index (χ0) is 16.8. The fourth-order valence-electron chi connectivity index (χ4n) is 3.22. The van der Waals surface area contributed by atoms with Gasteiger partial charge in [0, 0.05) is 11.5 Å². The number of aliphatic hydroxyl groups excluding tert-OH is 1. The van der Waals surface area contributed by atoms with Crippen LogP contribution in [0.5, 0.6) is 0 Å². The van der Waals surface area contributed by atoms with Crippen molar-refractivity contribution in [3.05, 3.63) is 47.1 Å². The summed E-state index contributed by atoms with van der Waals surface area (Å²) in [6.45, 7) is 8.28. The molecule has 126 valence electrons. The molecule has 3 nitrogen and oxygen atoms in total. The van der Waals surface area contributed by atoms with Crippen LogP contribution in [0.15, 0.2) is 47.1 Å². The van der Waals surface area contributed by atoms with Crippen LogP contribution in [0.25, 0.3) is 0 Å². The second-order valence-electron chi connectivity index (χ2n) is 6.70. The molecule has 0 bridgehead atoms. The van der Waals surface area contributed by atoms with Crippen LogP contribution in [-0.4, -0.2) is 23.8 Å². The third kappa shape index (κ3) is 4.93. The molecule has 2 atom stereocenters. The second kappa shape index (κ2) is 8.30. The lowest BCUT2D eigenvalue weighted by Crippen LogP contribution is -2.14. The topological polar surface area (TPSA) is 46.5 Å². The standard InChI is InChI=1S/C20H28O3/c1-14-6-4-8-17(13-21)9-5-7-15(2)12-19-18(11-10-14)16(3)20(22)23-19/h6,9,12,18-19,21H,3-5,7-8,10-11,13H2,1-2H3/b14-6+,15-12+,17-9-/t18-,19-/m0/s1. The molecule has 2 rings (SSSR count). The van der Waals surface area contributed by atoms with Gasteiger partial charge in [-0.2, -0.15) is 0 Å². The lowest BCUT2D eigenvalue weighted by Gasteiger charge is -2.16. The minimum Gasteiger partial charge on any atom is -0.454 e. The predicted molar refractivity (Wildman–Crippen MR) is 92.9 cm³/mol. The van der Waals surface area contributed by atoms with Gasteiger partial charge in [-0.3, -0.25) is 0 Å². The summed E-state index contributed by atoms with van der Waals surface area (Å²) in [5.41, 5.74) is 4.27. The number of hydrogen-bond donors (Lipinski definition) is 1. The first-order valence-corrected chi connectivity index (χ1v) is 8.52. The van der Waals surface area contributed by atoms with Gasteiger partial charge >= 0.3 is 5.97 Å². The van der Waals surface area contributed by atoms with Gasteiger partial charge in [0.15, 0.2) is 0 Å². The summed E-state index contributed by atoms with van der Waals surface area (Å²) in [7, 11) is 0. The van der Waals surface area contributed by atoms with Gasteiger partial charge in [-0.25, -0.2) is 4.79 Å². The van der Waals surface area contributed by atoms with E-state index in [0.717, 1.165) is 44.1 Å². The van der Waals surface area contributed by atoms with Gasteiger partial charge in [0.25, 0.3) is 0 Å². The first kappa shape index (κ1) is 17.7. The van der Waals surface area contributed by atoms with Crippen LogP contribution in [-0.2, 0) is 9.53 Å². The molecule has 1 aliphatic carbocycles. The van der Waals surface area contributed by atoms with Gasteiger partial charge in [0.2, 0.25) is 0 Å². The predicted octanol–water partition coefficient (Wildman–Crippen LogP) is 4.25. The van der Waals surface area contributed by atoms with E-state index in [1.807, 2.05) is 0 Å². The number of ether oxygens (including phenoxy) is 1. The van der Waals surface area contributed by atoms with Crippen molar-refractivity contribution >= 4 is 5.97 Å². The molecule has 0 unspecified atom stereocenters. The number of rotatable bonds is 1. The highest BCUT2D eigenvalue weighted by Gasteiger charge is 2.36. The Balaban J connectivity index is 2.20. The third-order valence-electron chi connectivity index (χ3n) is 4.78. The Bertz CT molecular complexity index is 551. The Hall–Kier alpha value is -1.61. The number of allylic oxidation sites excluding steroid dienone is 4. The van der Waals surface area contributed by atoms with E-state index >= 15 is 0 Å². The molecule has 1 saturated heterocycles. The van der Waals surface area contributed by atoms with Crippen molar-refractivity contribution in [2.45, 2.75) is 58.5 Å². The number of carbonyl (C=O) groups excluding carboxylic acids is 1. The van der Waals surface area contributed by atoms with E-state index in [4.69, 9.17) is 4.74 Å². The quantitative estimate of drug-likeness (QED) is 0.447. The van der Waals surface area contributed by atoms with Crippen LogP contribution in [0, 0.1) is 5.92 Å². The molecule has 0 spiro atoms. The Morgan fingerprint density at radius 1 is 1.17 bits per heavy atom. The smallest absolute Gasteiger partial charge is 0.334 e. The van der Waals surface area contributed by atoms with Crippen LogP contribution in [0.4, 0.5) is 0 Å². The summed E-state index contributed by atoms with van der Waals surface area (Å²) in [6, 6.07) is 0. The monoisotopic (exact) mass is 316 g/mol. The van der Waals surface area contributed by atoms with E-state index in [0.29, 0.717) is 5.57 Å². The van der Waals surface area contributed by atoms with Crippen molar-refractivity contribution in [3.8, 4) is 0 Å².